The van der Waals surface area contributed by atoms with Crippen LogP contribution >= 0.6 is 0 Å². The number of rotatable bonds is 10. The minimum atomic E-state index is -2.70. The lowest BCUT2D eigenvalue weighted by Gasteiger charge is -2.30. The molecule has 1 fully saturated rings. The van der Waals surface area contributed by atoms with Gasteiger partial charge in [-0.25, -0.2) is 8.42 Å². The van der Waals surface area contributed by atoms with Gasteiger partial charge in [-0.05, 0) is 24.7 Å². The van der Waals surface area contributed by atoms with Gasteiger partial charge in [0, 0.05) is 0 Å². The maximum atomic E-state index is 11.6. The fourth-order valence-electron chi connectivity index (χ4n) is 3.47. The van der Waals surface area contributed by atoms with Gasteiger partial charge in [0.25, 0.3) is 0 Å². The Morgan fingerprint density at radius 3 is 2.00 bits per heavy atom. The predicted molar refractivity (Wildman–Crippen MR) is 87.8 cm³/mol. The van der Waals surface area contributed by atoms with Crippen LogP contribution in [0.25, 0.3) is 0 Å². The Morgan fingerprint density at radius 1 is 0.850 bits per heavy atom. The molecule has 1 unspecified atom stereocenters. The summed E-state index contributed by atoms with van der Waals surface area (Å²) >= 11 is 0. The molecule has 0 aromatic heterocycles. The largest absolute Gasteiger partial charge is 0.229 e. The van der Waals surface area contributed by atoms with E-state index in [1.807, 2.05) is 0 Å². The molecule has 0 spiro atoms. The molecule has 0 aromatic rings. The molecule has 0 amide bonds. The minimum absolute atomic E-state index is 0.441. The summed E-state index contributed by atoms with van der Waals surface area (Å²) < 4.78 is 23.1. The van der Waals surface area contributed by atoms with Crippen LogP contribution in [0.15, 0.2) is 0 Å². The Hall–Kier alpha value is -0.0500. The van der Waals surface area contributed by atoms with Crippen LogP contribution in [0.5, 0.6) is 0 Å². The first-order chi connectivity index (χ1) is 9.59. The monoisotopic (exact) mass is 302 g/mol. The van der Waals surface area contributed by atoms with E-state index < -0.39 is 9.84 Å². The smallest absolute Gasteiger partial charge is 0.150 e. The van der Waals surface area contributed by atoms with Gasteiger partial charge in [-0.2, -0.15) is 0 Å². The predicted octanol–water partition coefficient (Wildman–Crippen LogP) is 4.98. The molecule has 3 heteroatoms. The molecule has 20 heavy (non-hydrogen) atoms. The molecular weight excluding hydrogens is 268 g/mol. The van der Waals surface area contributed by atoms with Gasteiger partial charge in [-0.1, -0.05) is 71.6 Å². The standard InChI is InChI=1S/C17H34O2S/c1-3-5-7-8-9-11-16(10-6-4-2)17-12-14-20(18,19)15-13-17/h16-17H,3-15H2,1-2H3. The minimum Gasteiger partial charge on any atom is -0.229 e. The average Bonchev–Trinajstić information content (AvgIpc) is 2.42. The van der Waals surface area contributed by atoms with Crippen molar-refractivity contribution >= 4 is 9.84 Å². The third-order valence-corrected chi connectivity index (χ3v) is 6.59. The molecule has 120 valence electrons. The van der Waals surface area contributed by atoms with Crippen molar-refractivity contribution in [3.05, 3.63) is 0 Å². The van der Waals surface area contributed by atoms with E-state index in [9.17, 15) is 8.42 Å². The van der Waals surface area contributed by atoms with Crippen molar-refractivity contribution < 1.29 is 8.42 Å². The molecule has 0 saturated carbocycles. The zero-order chi connectivity index (χ0) is 14.8. The van der Waals surface area contributed by atoms with Crippen molar-refractivity contribution in [1.82, 2.24) is 0 Å². The van der Waals surface area contributed by atoms with Crippen molar-refractivity contribution in [2.24, 2.45) is 11.8 Å². The second-order valence-corrected chi connectivity index (χ2v) is 8.90. The van der Waals surface area contributed by atoms with Gasteiger partial charge < -0.3 is 0 Å². The van der Waals surface area contributed by atoms with Gasteiger partial charge >= 0.3 is 0 Å². The summed E-state index contributed by atoms with van der Waals surface area (Å²) in [6, 6.07) is 0. The molecule has 0 aromatic carbocycles. The third kappa shape index (κ3) is 7.10. The number of hydrogen-bond donors (Lipinski definition) is 0. The Morgan fingerprint density at radius 2 is 1.40 bits per heavy atom. The molecule has 1 rings (SSSR count). The first kappa shape index (κ1) is 18.0. The van der Waals surface area contributed by atoms with Crippen LogP contribution in [0.4, 0.5) is 0 Å². The summed E-state index contributed by atoms with van der Waals surface area (Å²) in [5.74, 6) is 2.34. The molecule has 1 aliphatic heterocycles. The van der Waals surface area contributed by atoms with Crippen molar-refractivity contribution in [3.63, 3.8) is 0 Å². The Bertz CT molecular complexity index is 321. The quantitative estimate of drug-likeness (QED) is 0.533. The van der Waals surface area contributed by atoms with Gasteiger partial charge in [-0.3, -0.25) is 0 Å². The zero-order valence-corrected chi connectivity index (χ0v) is 14.4. The summed E-state index contributed by atoms with van der Waals surface area (Å²) in [5, 5.41) is 0. The molecular formula is C17H34O2S. The lowest BCUT2D eigenvalue weighted by atomic mass is 9.80. The van der Waals surface area contributed by atoms with Gasteiger partial charge in [0.05, 0.1) is 11.5 Å². The van der Waals surface area contributed by atoms with Gasteiger partial charge in [0.2, 0.25) is 0 Å². The molecule has 0 bridgehead atoms. The van der Waals surface area contributed by atoms with Crippen molar-refractivity contribution in [2.75, 3.05) is 11.5 Å². The lowest BCUT2D eigenvalue weighted by Crippen LogP contribution is -2.28. The number of sulfone groups is 1. The Balaban J connectivity index is 2.35. The lowest BCUT2D eigenvalue weighted by molar-refractivity contribution is 0.260. The number of unbranched alkanes of at least 4 members (excludes halogenated alkanes) is 5. The van der Waals surface area contributed by atoms with E-state index in [1.165, 1.54) is 57.8 Å². The summed E-state index contributed by atoms with van der Waals surface area (Å²) in [6.07, 6.45) is 13.8. The van der Waals surface area contributed by atoms with E-state index in [-0.39, 0.29) is 0 Å². The molecule has 2 nitrogen and oxygen atoms in total. The van der Waals surface area contributed by atoms with E-state index in [0.717, 1.165) is 18.8 Å². The fraction of sp³-hybridized carbons (Fsp3) is 1.00. The van der Waals surface area contributed by atoms with E-state index in [1.54, 1.807) is 0 Å². The zero-order valence-electron chi connectivity index (χ0n) is 13.6. The highest BCUT2D eigenvalue weighted by Crippen LogP contribution is 2.33. The van der Waals surface area contributed by atoms with Crippen LogP contribution in [0, 0.1) is 11.8 Å². The Kier molecular flexibility index (Phi) is 8.83. The normalized spacial score (nSPS) is 20.9. The van der Waals surface area contributed by atoms with E-state index in [2.05, 4.69) is 13.8 Å². The topological polar surface area (TPSA) is 34.1 Å². The van der Waals surface area contributed by atoms with E-state index >= 15 is 0 Å². The first-order valence-electron chi connectivity index (χ1n) is 8.79. The summed E-state index contributed by atoms with van der Waals surface area (Å²) in [7, 11) is -2.70. The second-order valence-electron chi connectivity index (χ2n) is 6.59. The maximum Gasteiger partial charge on any atom is 0.150 e. The highest BCUT2D eigenvalue weighted by atomic mass is 32.2. The average molecular weight is 303 g/mol. The summed E-state index contributed by atoms with van der Waals surface area (Å²) in [6.45, 7) is 4.51. The molecule has 0 aliphatic carbocycles. The van der Waals surface area contributed by atoms with Crippen LogP contribution in [0.1, 0.15) is 84.5 Å². The van der Waals surface area contributed by atoms with Crippen molar-refractivity contribution in [1.29, 1.82) is 0 Å². The van der Waals surface area contributed by atoms with Crippen LogP contribution in [0.2, 0.25) is 0 Å². The molecule has 0 N–H and O–H groups in total. The van der Waals surface area contributed by atoms with Crippen molar-refractivity contribution in [2.45, 2.75) is 84.5 Å². The SMILES string of the molecule is CCCCCCCC(CCCC)C1CCS(=O)(=O)CC1. The maximum absolute atomic E-state index is 11.6. The first-order valence-corrected chi connectivity index (χ1v) is 10.6. The van der Waals surface area contributed by atoms with Gasteiger partial charge in [0.1, 0.15) is 9.84 Å². The summed E-state index contributed by atoms with van der Waals surface area (Å²) in [5.41, 5.74) is 0. The molecule has 1 saturated heterocycles. The molecule has 1 aliphatic rings. The van der Waals surface area contributed by atoms with Crippen LogP contribution < -0.4 is 0 Å². The number of hydrogen-bond acceptors (Lipinski definition) is 2. The van der Waals surface area contributed by atoms with E-state index in [0.29, 0.717) is 17.4 Å². The van der Waals surface area contributed by atoms with Gasteiger partial charge in [0.15, 0.2) is 0 Å². The third-order valence-electron chi connectivity index (χ3n) is 4.87. The highest BCUT2D eigenvalue weighted by Gasteiger charge is 2.28. The van der Waals surface area contributed by atoms with Gasteiger partial charge in [-0.15, -0.1) is 0 Å². The molecule has 1 atom stereocenters. The molecule has 1 heterocycles. The molecule has 0 radical (unpaired) electrons. The second kappa shape index (κ2) is 9.81. The fourth-order valence-corrected chi connectivity index (χ4v) is 5.00. The van der Waals surface area contributed by atoms with Crippen LogP contribution in [0.3, 0.4) is 0 Å². The summed E-state index contributed by atoms with van der Waals surface area (Å²) in [4.78, 5) is 0. The van der Waals surface area contributed by atoms with Crippen LogP contribution in [-0.2, 0) is 9.84 Å². The highest BCUT2D eigenvalue weighted by molar-refractivity contribution is 7.91. The Labute approximate surface area is 126 Å². The van der Waals surface area contributed by atoms with Crippen molar-refractivity contribution in [3.8, 4) is 0 Å². The van der Waals surface area contributed by atoms with E-state index in [4.69, 9.17) is 0 Å². The van der Waals surface area contributed by atoms with Crippen LogP contribution in [-0.4, -0.2) is 19.9 Å².